The molecule has 1 atom stereocenters. The minimum atomic E-state index is -0.714. The molecule has 2 aromatic carbocycles. The molecular weight excluding hydrogens is 222 g/mol. The summed E-state index contributed by atoms with van der Waals surface area (Å²) in [5, 5.41) is 10.7. The summed E-state index contributed by atoms with van der Waals surface area (Å²) in [6, 6.07) is 14.4. The van der Waals surface area contributed by atoms with Crippen LogP contribution in [0.25, 0.3) is 0 Å². The molecule has 0 aromatic heterocycles. The van der Waals surface area contributed by atoms with Gasteiger partial charge in [0.25, 0.3) is 0 Å². The summed E-state index contributed by atoms with van der Waals surface area (Å²) in [6.45, 7) is 0. The molecule has 3 N–H and O–H groups in total. The minimum Gasteiger partial charge on any atom is -0.399 e. The largest absolute Gasteiger partial charge is 0.399 e. The van der Waals surface area contributed by atoms with Crippen molar-refractivity contribution in [2.75, 3.05) is 5.73 Å². The molecule has 0 fully saturated rings. The van der Waals surface area contributed by atoms with E-state index in [0.29, 0.717) is 16.3 Å². The Labute approximate surface area is 99.3 Å². The van der Waals surface area contributed by atoms with Crippen molar-refractivity contribution in [3.05, 3.63) is 64.7 Å². The van der Waals surface area contributed by atoms with Crippen LogP contribution in [0.2, 0.25) is 5.02 Å². The fraction of sp³-hybridized carbons (Fsp3) is 0.0769. The maximum absolute atomic E-state index is 10.1. The summed E-state index contributed by atoms with van der Waals surface area (Å²) in [7, 11) is 0. The van der Waals surface area contributed by atoms with E-state index in [2.05, 4.69) is 0 Å². The van der Waals surface area contributed by atoms with Crippen LogP contribution in [0.4, 0.5) is 5.69 Å². The molecule has 0 aliphatic carbocycles. The fourth-order valence-corrected chi connectivity index (χ4v) is 1.79. The van der Waals surface area contributed by atoms with E-state index in [0.717, 1.165) is 5.56 Å². The number of nitrogens with two attached hydrogens (primary N) is 1. The summed E-state index contributed by atoms with van der Waals surface area (Å²) in [6.07, 6.45) is -0.714. The molecule has 0 saturated heterocycles. The van der Waals surface area contributed by atoms with Crippen LogP contribution >= 0.6 is 11.6 Å². The second-order valence-corrected chi connectivity index (χ2v) is 4.00. The lowest BCUT2D eigenvalue weighted by atomic mass is 10.0. The van der Waals surface area contributed by atoms with Crippen molar-refractivity contribution in [3.8, 4) is 0 Å². The van der Waals surface area contributed by atoms with E-state index in [9.17, 15) is 5.11 Å². The molecule has 2 rings (SSSR count). The van der Waals surface area contributed by atoms with Gasteiger partial charge in [-0.1, -0.05) is 41.9 Å². The quantitative estimate of drug-likeness (QED) is 0.784. The van der Waals surface area contributed by atoms with Crippen molar-refractivity contribution in [1.82, 2.24) is 0 Å². The van der Waals surface area contributed by atoms with Gasteiger partial charge in [0.1, 0.15) is 6.10 Å². The molecule has 0 heterocycles. The van der Waals surface area contributed by atoms with Crippen molar-refractivity contribution in [2.24, 2.45) is 0 Å². The third kappa shape index (κ3) is 2.18. The Morgan fingerprint density at radius 3 is 2.25 bits per heavy atom. The smallest absolute Gasteiger partial charge is 0.105 e. The average Bonchev–Trinajstić information content (AvgIpc) is 2.30. The molecule has 3 heteroatoms. The topological polar surface area (TPSA) is 46.2 Å². The minimum absolute atomic E-state index is 0.562. The molecule has 0 radical (unpaired) electrons. The summed E-state index contributed by atoms with van der Waals surface area (Å²) < 4.78 is 0. The van der Waals surface area contributed by atoms with Gasteiger partial charge in [-0.25, -0.2) is 0 Å². The number of benzene rings is 2. The Morgan fingerprint density at radius 2 is 1.62 bits per heavy atom. The lowest BCUT2D eigenvalue weighted by molar-refractivity contribution is 0.220. The zero-order chi connectivity index (χ0) is 11.5. The lowest BCUT2D eigenvalue weighted by Gasteiger charge is -2.13. The van der Waals surface area contributed by atoms with Crippen LogP contribution in [0.3, 0.4) is 0 Å². The maximum atomic E-state index is 10.1. The van der Waals surface area contributed by atoms with Crippen LogP contribution in [0.5, 0.6) is 0 Å². The summed E-state index contributed by atoms with van der Waals surface area (Å²) in [5.74, 6) is 0. The normalized spacial score (nSPS) is 12.4. The second-order valence-electron chi connectivity index (χ2n) is 3.59. The average molecular weight is 234 g/mol. The second kappa shape index (κ2) is 4.56. The predicted octanol–water partition coefficient (Wildman–Crippen LogP) is 3.00. The first-order valence-corrected chi connectivity index (χ1v) is 5.34. The highest BCUT2D eigenvalue weighted by Crippen LogP contribution is 2.28. The van der Waals surface area contributed by atoms with Gasteiger partial charge in [-0.15, -0.1) is 0 Å². The van der Waals surface area contributed by atoms with E-state index >= 15 is 0 Å². The summed E-state index contributed by atoms with van der Waals surface area (Å²) in [4.78, 5) is 0. The van der Waals surface area contributed by atoms with E-state index in [1.165, 1.54) is 0 Å². The number of nitrogen functional groups attached to an aromatic ring is 1. The number of hydrogen-bond acceptors (Lipinski definition) is 2. The molecule has 82 valence electrons. The highest BCUT2D eigenvalue weighted by molar-refractivity contribution is 6.31. The number of anilines is 1. The van der Waals surface area contributed by atoms with E-state index < -0.39 is 6.10 Å². The Hall–Kier alpha value is -1.51. The highest BCUT2D eigenvalue weighted by atomic mass is 35.5. The number of rotatable bonds is 2. The van der Waals surface area contributed by atoms with Gasteiger partial charge in [-0.2, -0.15) is 0 Å². The van der Waals surface area contributed by atoms with Crippen molar-refractivity contribution in [3.63, 3.8) is 0 Å². The lowest BCUT2D eigenvalue weighted by Crippen LogP contribution is -2.00. The summed E-state index contributed by atoms with van der Waals surface area (Å²) in [5.41, 5.74) is 7.75. The molecule has 2 nitrogen and oxygen atoms in total. The Balaban J connectivity index is 2.35. The molecule has 0 aliphatic heterocycles. The van der Waals surface area contributed by atoms with E-state index in [1.807, 2.05) is 18.2 Å². The Bertz CT molecular complexity index is 482. The van der Waals surface area contributed by atoms with Crippen LogP contribution in [0.15, 0.2) is 48.5 Å². The number of hydrogen-bond donors (Lipinski definition) is 2. The Kier molecular flexibility index (Phi) is 3.13. The van der Waals surface area contributed by atoms with Gasteiger partial charge in [0.05, 0.1) is 0 Å². The van der Waals surface area contributed by atoms with Crippen LogP contribution in [-0.4, -0.2) is 5.11 Å². The maximum Gasteiger partial charge on any atom is 0.105 e. The first kappa shape index (κ1) is 11.0. The molecule has 1 unspecified atom stereocenters. The first-order chi connectivity index (χ1) is 7.68. The van der Waals surface area contributed by atoms with Gasteiger partial charge in [-0.05, 0) is 23.8 Å². The zero-order valence-corrected chi connectivity index (χ0v) is 9.35. The summed E-state index contributed by atoms with van der Waals surface area (Å²) >= 11 is 6.02. The third-order valence-corrected chi connectivity index (χ3v) is 2.80. The van der Waals surface area contributed by atoms with Gasteiger partial charge in [-0.3, -0.25) is 0 Å². The highest BCUT2D eigenvalue weighted by Gasteiger charge is 2.12. The SMILES string of the molecule is Nc1ccc(C(O)c2ccccc2Cl)cc1. The molecule has 0 aliphatic rings. The first-order valence-electron chi connectivity index (χ1n) is 4.96. The molecule has 0 amide bonds. The standard InChI is InChI=1S/C13H12ClNO/c14-12-4-2-1-3-11(12)13(16)9-5-7-10(15)8-6-9/h1-8,13,16H,15H2. The van der Waals surface area contributed by atoms with Crippen molar-refractivity contribution >= 4 is 17.3 Å². The van der Waals surface area contributed by atoms with Crippen LogP contribution in [-0.2, 0) is 0 Å². The third-order valence-electron chi connectivity index (χ3n) is 2.45. The van der Waals surface area contributed by atoms with E-state index in [1.54, 1.807) is 30.3 Å². The molecule has 0 saturated carbocycles. The molecule has 0 bridgehead atoms. The van der Waals surface area contributed by atoms with Crippen molar-refractivity contribution in [1.29, 1.82) is 0 Å². The molecular formula is C13H12ClNO. The number of aliphatic hydroxyl groups excluding tert-OH is 1. The van der Waals surface area contributed by atoms with Crippen LogP contribution in [0, 0.1) is 0 Å². The van der Waals surface area contributed by atoms with E-state index in [-0.39, 0.29) is 0 Å². The molecule has 2 aromatic rings. The van der Waals surface area contributed by atoms with Gasteiger partial charge in [0.15, 0.2) is 0 Å². The van der Waals surface area contributed by atoms with Crippen LogP contribution < -0.4 is 5.73 Å². The van der Waals surface area contributed by atoms with Crippen molar-refractivity contribution in [2.45, 2.75) is 6.10 Å². The molecule has 0 spiro atoms. The Morgan fingerprint density at radius 1 is 1.00 bits per heavy atom. The van der Waals surface area contributed by atoms with Gasteiger partial charge < -0.3 is 10.8 Å². The van der Waals surface area contributed by atoms with E-state index in [4.69, 9.17) is 17.3 Å². The predicted molar refractivity (Wildman–Crippen MR) is 66.4 cm³/mol. The molecule has 16 heavy (non-hydrogen) atoms. The number of aliphatic hydroxyl groups is 1. The van der Waals surface area contributed by atoms with Crippen molar-refractivity contribution < 1.29 is 5.11 Å². The van der Waals surface area contributed by atoms with Crippen LogP contribution in [0.1, 0.15) is 17.2 Å². The fourth-order valence-electron chi connectivity index (χ4n) is 1.55. The van der Waals surface area contributed by atoms with Gasteiger partial charge >= 0.3 is 0 Å². The van der Waals surface area contributed by atoms with Gasteiger partial charge in [0.2, 0.25) is 0 Å². The monoisotopic (exact) mass is 233 g/mol. The zero-order valence-electron chi connectivity index (χ0n) is 8.60. The number of halogens is 1. The van der Waals surface area contributed by atoms with Gasteiger partial charge in [0, 0.05) is 16.3 Å².